The molecule has 3 aromatic heterocycles. The molecule has 2 saturated heterocycles. The number of pyridine rings is 2. The molecular formula is C26H30N6O2. The molecule has 0 unspecified atom stereocenters. The van der Waals surface area contributed by atoms with Crippen molar-refractivity contribution in [1.29, 1.82) is 0 Å². The largest absolute Gasteiger partial charge is 0.342 e. The number of likely N-dealkylation sites (tertiary alicyclic amines) is 2. The van der Waals surface area contributed by atoms with E-state index < -0.39 is 0 Å². The Labute approximate surface area is 199 Å². The summed E-state index contributed by atoms with van der Waals surface area (Å²) >= 11 is 0. The number of amides is 2. The predicted octanol–water partition coefficient (Wildman–Crippen LogP) is 3.48. The van der Waals surface area contributed by atoms with Crippen LogP contribution >= 0.6 is 0 Å². The molecule has 2 aliphatic heterocycles. The van der Waals surface area contributed by atoms with E-state index in [9.17, 15) is 9.59 Å². The molecule has 0 N–H and O–H groups in total. The van der Waals surface area contributed by atoms with Crippen molar-refractivity contribution in [2.24, 2.45) is 5.92 Å². The van der Waals surface area contributed by atoms with Gasteiger partial charge in [-0.05, 0) is 63.6 Å². The lowest BCUT2D eigenvalue weighted by molar-refractivity contribution is -0.135. The van der Waals surface area contributed by atoms with Crippen molar-refractivity contribution in [2.45, 2.75) is 51.4 Å². The topological polar surface area (TPSA) is 84.2 Å². The number of carbonyl (C=O) groups excluding carboxylic acids is 2. The van der Waals surface area contributed by atoms with Crippen LogP contribution in [0.2, 0.25) is 0 Å². The normalized spacial score (nSPS) is 19.2. The van der Waals surface area contributed by atoms with Crippen LogP contribution < -0.4 is 0 Å². The van der Waals surface area contributed by atoms with E-state index in [1.807, 2.05) is 41.0 Å². The third-order valence-corrected chi connectivity index (χ3v) is 7.47. The number of fused-ring (bicyclic) bond motifs is 1. The van der Waals surface area contributed by atoms with Crippen LogP contribution in [0.4, 0.5) is 0 Å². The van der Waals surface area contributed by atoms with E-state index in [0.717, 1.165) is 68.4 Å². The molecule has 0 aromatic carbocycles. The zero-order chi connectivity index (χ0) is 23.2. The Morgan fingerprint density at radius 2 is 1.74 bits per heavy atom. The Bertz CT molecular complexity index is 1240. The second-order valence-corrected chi connectivity index (χ2v) is 9.85. The van der Waals surface area contributed by atoms with Gasteiger partial charge in [0.1, 0.15) is 0 Å². The Hall–Kier alpha value is -3.29. The quantitative estimate of drug-likeness (QED) is 0.598. The van der Waals surface area contributed by atoms with Gasteiger partial charge in [-0.2, -0.15) is 9.78 Å². The van der Waals surface area contributed by atoms with E-state index in [1.165, 1.54) is 0 Å². The van der Waals surface area contributed by atoms with Crippen LogP contribution in [0.1, 0.15) is 66.2 Å². The van der Waals surface area contributed by atoms with Gasteiger partial charge in [0.05, 0.1) is 16.6 Å². The van der Waals surface area contributed by atoms with Crippen molar-refractivity contribution in [1.82, 2.24) is 29.5 Å². The second kappa shape index (κ2) is 8.49. The number of hydrogen-bond acceptors (Lipinski definition) is 5. The van der Waals surface area contributed by atoms with E-state index in [0.29, 0.717) is 36.0 Å². The molecule has 8 nitrogen and oxygen atoms in total. The molecule has 0 spiro atoms. The van der Waals surface area contributed by atoms with Gasteiger partial charge in [-0.1, -0.05) is 6.07 Å². The van der Waals surface area contributed by atoms with Crippen molar-refractivity contribution in [2.75, 3.05) is 26.2 Å². The van der Waals surface area contributed by atoms with Gasteiger partial charge >= 0.3 is 0 Å². The molecule has 176 valence electrons. The number of aryl methyl sites for hydroxylation is 1. The number of rotatable bonds is 4. The van der Waals surface area contributed by atoms with Gasteiger partial charge in [-0.3, -0.25) is 9.59 Å². The van der Waals surface area contributed by atoms with E-state index in [1.54, 1.807) is 10.9 Å². The maximum absolute atomic E-state index is 13.8. The second-order valence-electron chi connectivity index (χ2n) is 9.85. The first-order valence-corrected chi connectivity index (χ1v) is 12.5. The highest BCUT2D eigenvalue weighted by Crippen LogP contribution is 2.41. The Kier molecular flexibility index (Phi) is 5.31. The monoisotopic (exact) mass is 458 g/mol. The summed E-state index contributed by atoms with van der Waals surface area (Å²) < 4.78 is 1.76. The van der Waals surface area contributed by atoms with Crippen LogP contribution in [0.15, 0.2) is 30.5 Å². The molecule has 2 amide bonds. The van der Waals surface area contributed by atoms with Crippen LogP contribution in [0, 0.1) is 12.8 Å². The molecular weight excluding hydrogens is 428 g/mol. The molecule has 0 atom stereocenters. The summed E-state index contributed by atoms with van der Waals surface area (Å²) in [5, 5.41) is 5.52. The summed E-state index contributed by atoms with van der Waals surface area (Å²) in [5.41, 5.74) is 3.11. The minimum Gasteiger partial charge on any atom is -0.342 e. The summed E-state index contributed by atoms with van der Waals surface area (Å²) in [6.07, 6.45) is 7.63. The smallest absolute Gasteiger partial charge is 0.254 e. The molecule has 0 radical (unpaired) electrons. The highest BCUT2D eigenvalue weighted by Gasteiger charge is 2.34. The molecule has 3 aliphatic rings. The first-order chi connectivity index (χ1) is 16.6. The number of carbonyl (C=O) groups is 2. The standard InChI is InChI=1S/C26H30N6O2/c1-17-23-20(26(34)31-14-9-19(10-15-31)25(33)30-12-4-5-13-30)16-21(18-7-8-18)28-24(23)32(29-17)22-6-2-3-11-27-22/h2-3,6,11,16,18-19H,4-5,7-10,12-15H2,1H3. The highest BCUT2D eigenvalue weighted by molar-refractivity contribution is 6.07. The summed E-state index contributed by atoms with van der Waals surface area (Å²) in [5.74, 6) is 1.44. The lowest BCUT2D eigenvalue weighted by atomic mass is 9.94. The van der Waals surface area contributed by atoms with Gasteiger partial charge in [0.2, 0.25) is 5.91 Å². The van der Waals surface area contributed by atoms with Gasteiger partial charge in [-0.15, -0.1) is 0 Å². The van der Waals surface area contributed by atoms with Gasteiger partial charge in [-0.25, -0.2) is 9.97 Å². The van der Waals surface area contributed by atoms with Gasteiger partial charge < -0.3 is 9.80 Å². The highest BCUT2D eigenvalue weighted by atomic mass is 16.2. The van der Waals surface area contributed by atoms with Crippen molar-refractivity contribution in [3.63, 3.8) is 0 Å². The molecule has 5 heterocycles. The third-order valence-electron chi connectivity index (χ3n) is 7.47. The Morgan fingerprint density at radius 3 is 2.41 bits per heavy atom. The van der Waals surface area contributed by atoms with Crippen molar-refractivity contribution in [3.05, 3.63) is 47.4 Å². The van der Waals surface area contributed by atoms with Gasteiger partial charge in [0.15, 0.2) is 11.5 Å². The average molecular weight is 459 g/mol. The number of aromatic nitrogens is 4. The Balaban J connectivity index is 1.31. The van der Waals surface area contributed by atoms with Crippen LogP contribution in [0.5, 0.6) is 0 Å². The molecule has 3 aromatic rings. The van der Waals surface area contributed by atoms with Crippen molar-refractivity contribution in [3.8, 4) is 5.82 Å². The predicted molar refractivity (Wildman–Crippen MR) is 128 cm³/mol. The van der Waals surface area contributed by atoms with Crippen molar-refractivity contribution >= 4 is 22.8 Å². The van der Waals surface area contributed by atoms with Crippen LogP contribution in [-0.2, 0) is 4.79 Å². The summed E-state index contributed by atoms with van der Waals surface area (Å²) in [6, 6.07) is 7.69. The Morgan fingerprint density at radius 1 is 0.971 bits per heavy atom. The average Bonchev–Trinajstić information content (AvgIpc) is 3.48. The van der Waals surface area contributed by atoms with Crippen LogP contribution in [0.3, 0.4) is 0 Å². The first kappa shape index (κ1) is 21.3. The minimum atomic E-state index is 0.0186. The zero-order valence-electron chi connectivity index (χ0n) is 19.6. The molecule has 6 rings (SSSR count). The third kappa shape index (κ3) is 3.75. The van der Waals surface area contributed by atoms with Crippen molar-refractivity contribution < 1.29 is 9.59 Å². The van der Waals surface area contributed by atoms with Crippen LogP contribution in [0.25, 0.3) is 16.9 Å². The maximum atomic E-state index is 13.8. The van der Waals surface area contributed by atoms with E-state index in [-0.39, 0.29) is 17.7 Å². The summed E-state index contributed by atoms with van der Waals surface area (Å²) in [4.78, 5) is 39.9. The van der Waals surface area contributed by atoms with Gasteiger partial charge in [0, 0.05) is 49.9 Å². The molecule has 34 heavy (non-hydrogen) atoms. The minimum absolute atomic E-state index is 0.0186. The number of piperidine rings is 1. The van der Waals surface area contributed by atoms with E-state index in [2.05, 4.69) is 4.98 Å². The number of nitrogens with zero attached hydrogens (tertiary/aromatic N) is 6. The van der Waals surface area contributed by atoms with Gasteiger partial charge in [0.25, 0.3) is 5.91 Å². The summed E-state index contributed by atoms with van der Waals surface area (Å²) in [7, 11) is 0. The van der Waals surface area contributed by atoms with E-state index >= 15 is 0 Å². The molecule has 1 saturated carbocycles. The lowest BCUT2D eigenvalue weighted by Gasteiger charge is -2.33. The van der Waals surface area contributed by atoms with E-state index in [4.69, 9.17) is 10.1 Å². The first-order valence-electron chi connectivity index (χ1n) is 12.5. The maximum Gasteiger partial charge on any atom is 0.254 e. The lowest BCUT2D eigenvalue weighted by Crippen LogP contribution is -2.43. The molecule has 8 heteroatoms. The molecule has 1 aliphatic carbocycles. The van der Waals surface area contributed by atoms with Crippen LogP contribution in [-0.4, -0.2) is 67.5 Å². The fourth-order valence-corrected chi connectivity index (χ4v) is 5.40. The SMILES string of the molecule is Cc1nn(-c2ccccn2)c2nc(C3CC3)cc(C(=O)N3CCC(C(=O)N4CCCC4)CC3)c12. The summed E-state index contributed by atoms with van der Waals surface area (Å²) in [6.45, 7) is 4.92. The molecule has 3 fully saturated rings. The number of hydrogen-bond donors (Lipinski definition) is 0. The molecule has 0 bridgehead atoms. The zero-order valence-corrected chi connectivity index (χ0v) is 19.6. The fraction of sp³-hybridized carbons (Fsp3) is 0.500. The fourth-order valence-electron chi connectivity index (χ4n) is 5.40.